The van der Waals surface area contributed by atoms with Crippen molar-refractivity contribution >= 4 is 17.3 Å². The van der Waals surface area contributed by atoms with Gasteiger partial charge in [0, 0.05) is 6.08 Å². The Labute approximate surface area is 127 Å². The number of carbonyl (C=O) groups excluding carboxylic acids is 3. The van der Waals surface area contributed by atoms with Crippen molar-refractivity contribution in [1.29, 1.82) is 0 Å². The molecule has 0 radical (unpaired) electrons. The fraction of sp³-hybridized carbons (Fsp3) is 0.188. The van der Waals surface area contributed by atoms with Gasteiger partial charge in [0.2, 0.25) is 11.6 Å². The Bertz CT molecular complexity index is 715. The van der Waals surface area contributed by atoms with Gasteiger partial charge >= 0.3 is 0 Å². The van der Waals surface area contributed by atoms with Crippen molar-refractivity contribution in [3.8, 4) is 0 Å². The SMILES string of the molecule is C=CC(=O)C1=CC(OC)=C2C(=O)C(OC)=CC(OC)=C2C1=O. The predicted octanol–water partition coefficient (Wildman–Crippen LogP) is 1.16. The summed E-state index contributed by atoms with van der Waals surface area (Å²) in [6, 6.07) is 0. The Kier molecular flexibility index (Phi) is 4.12. The van der Waals surface area contributed by atoms with Crippen LogP contribution in [0.2, 0.25) is 0 Å². The maximum atomic E-state index is 12.5. The van der Waals surface area contributed by atoms with Gasteiger partial charge < -0.3 is 14.2 Å². The Morgan fingerprint density at radius 2 is 1.50 bits per heavy atom. The highest BCUT2D eigenvalue weighted by molar-refractivity contribution is 6.35. The fourth-order valence-electron chi connectivity index (χ4n) is 2.25. The van der Waals surface area contributed by atoms with Crippen molar-refractivity contribution < 1.29 is 28.6 Å². The molecule has 0 unspecified atom stereocenters. The summed E-state index contributed by atoms with van der Waals surface area (Å²) in [5.74, 6) is -1.43. The molecule has 0 aliphatic heterocycles. The molecule has 0 aromatic carbocycles. The van der Waals surface area contributed by atoms with Gasteiger partial charge in [-0.1, -0.05) is 6.58 Å². The van der Waals surface area contributed by atoms with Crippen LogP contribution in [0.1, 0.15) is 0 Å². The van der Waals surface area contributed by atoms with Gasteiger partial charge in [-0.25, -0.2) is 0 Å². The molecule has 6 nitrogen and oxygen atoms in total. The number of methoxy groups -OCH3 is 3. The van der Waals surface area contributed by atoms with E-state index in [0.717, 1.165) is 6.08 Å². The van der Waals surface area contributed by atoms with Crippen molar-refractivity contribution in [1.82, 2.24) is 0 Å². The molecule has 114 valence electrons. The van der Waals surface area contributed by atoms with E-state index in [9.17, 15) is 14.4 Å². The molecule has 2 aliphatic rings. The Balaban J connectivity index is 2.79. The van der Waals surface area contributed by atoms with Gasteiger partial charge in [0.25, 0.3) is 0 Å². The topological polar surface area (TPSA) is 78.9 Å². The second-order valence-electron chi connectivity index (χ2n) is 4.38. The number of hydrogen-bond donors (Lipinski definition) is 0. The molecule has 0 heterocycles. The van der Waals surface area contributed by atoms with Crippen LogP contribution in [-0.4, -0.2) is 38.7 Å². The summed E-state index contributed by atoms with van der Waals surface area (Å²) in [4.78, 5) is 36.8. The van der Waals surface area contributed by atoms with Gasteiger partial charge in [-0.05, 0) is 12.2 Å². The minimum Gasteiger partial charge on any atom is -0.496 e. The van der Waals surface area contributed by atoms with Gasteiger partial charge in [-0.2, -0.15) is 0 Å². The van der Waals surface area contributed by atoms with Gasteiger partial charge in [0.1, 0.15) is 11.5 Å². The number of rotatable bonds is 5. The van der Waals surface area contributed by atoms with E-state index >= 15 is 0 Å². The molecule has 0 saturated carbocycles. The van der Waals surface area contributed by atoms with E-state index in [2.05, 4.69) is 6.58 Å². The predicted molar refractivity (Wildman–Crippen MR) is 76.5 cm³/mol. The highest BCUT2D eigenvalue weighted by Gasteiger charge is 2.40. The molecular formula is C16H14O6. The summed E-state index contributed by atoms with van der Waals surface area (Å²) in [6.45, 7) is 3.36. The zero-order valence-electron chi connectivity index (χ0n) is 12.4. The van der Waals surface area contributed by atoms with Crippen LogP contribution in [0.15, 0.2) is 58.8 Å². The number of carbonyl (C=O) groups is 3. The summed E-state index contributed by atoms with van der Waals surface area (Å²) in [5.41, 5.74) is -0.135. The second-order valence-corrected chi connectivity index (χ2v) is 4.38. The van der Waals surface area contributed by atoms with E-state index in [1.807, 2.05) is 0 Å². The first-order chi connectivity index (χ1) is 10.5. The van der Waals surface area contributed by atoms with Crippen molar-refractivity contribution in [2.24, 2.45) is 0 Å². The zero-order chi connectivity index (χ0) is 16.4. The first-order valence-corrected chi connectivity index (χ1v) is 6.30. The maximum Gasteiger partial charge on any atom is 0.232 e. The lowest BCUT2D eigenvalue weighted by atomic mass is 9.82. The number of fused-ring (bicyclic) bond motifs is 1. The molecule has 0 N–H and O–H groups in total. The van der Waals surface area contributed by atoms with Crippen LogP contribution in [0.3, 0.4) is 0 Å². The molecule has 0 atom stereocenters. The third-order valence-electron chi connectivity index (χ3n) is 3.31. The van der Waals surface area contributed by atoms with Crippen molar-refractivity contribution in [3.63, 3.8) is 0 Å². The Morgan fingerprint density at radius 1 is 0.955 bits per heavy atom. The molecule has 0 bridgehead atoms. The summed E-state index contributed by atoms with van der Waals surface area (Å²) in [5, 5.41) is 0. The summed E-state index contributed by atoms with van der Waals surface area (Å²) in [6.07, 6.45) is 3.57. The van der Waals surface area contributed by atoms with Crippen LogP contribution in [0.25, 0.3) is 0 Å². The first-order valence-electron chi connectivity index (χ1n) is 6.30. The lowest BCUT2D eigenvalue weighted by molar-refractivity contribution is -0.119. The van der Waals surface area contributed by atoms with Crippen LogP contribution < -0.4 is 0 Å². The van der Waals surface area contributed by atoms with Crippen LogP contribution >= 0.6 is 0 Å². The lowest BCUT2D eigenvalue weighted by Crippen LogP contribution is -2.28. The van der Waals surface area contributed by atoms with E-state index in [0.29, 0.717) is 0 Å². The molecule has 0 spiro atoms. The van der Waals surface area contributed by atoms with E-state index in [1.165, 1.54) is 33.5 Å². The summed E-state index contributed by atoms with van der Waals surface area (Å²) >= 11 is 0. The van der Waals surface area contributed by atoms with Crippen LogP contribution in [0.5, 0.6) is 0 Å². The van der Waals surface area contributed by atoms with Crippen molar-refractivity contribution in [2.75, 3.05) is 21.3 Å². The third-order valence-corrected chi connectivity index (χ3v) is 3.31. The molecular weight excluding hydrogens is 288 g/mol. The molecule has 0 aromatic heterocycles. The molecule has 2 aliphatic carbocycles. The Hall–Kier alpha value is -2.89. The van der Waals surface area contributed by atoms with Gasteiger partial charge in [-0.15, -0.1) is 0 Å². The molecule has 0 aromatic rings. The van der Waals surface area contributed by atoms with E-state index in [1.54, 1.807) is 0 Å². The monoisotopic (exact) mass is 302 g/mol. The average Bonchev–Trinajstić information content (AvgIpc) is 2.54. The lowest BCUT2D eigenvalue weighted by Gasteiger charge is -2.24. The summed E-state index contributed by atoms with van der Waals surface area (Å²) < 4.78 is 15.3. The highest BCUT2D eigenvalue weighted by atomic mass is 16.5. The van der Waals surface area contributed by atoms with Crippen LogP contribution in [-0.2, 0) is 28.6 Å². The van der Waals surface area contributed by atoms with E-state index in [-0.39, 0.29) is 34.0 Å². The number of allylic oxidation sites excluding steroid dienone is 6. The molecule has 0 fully saturated rings. The zero-order valence-corrected chi connectivity index (χ0v) is 12.4. The maximum absolute atomic E-state index is 12.5. The largest absolute Gasteiger partial charge is 0.496 e. The molecule has 6 heteroatoms. The molecule has 2 rings (SSSR count). The van der Waals surface area contributed by atoms with E-state index in [4.69, 9.17) is 14.2 Å². The third kappa shape index (κ3) is 2.18. The standard InChI is InChI=1S/C16H14O6/c1-5-9(17)8-6-10(20-2)14-13(15(8)18)11(21-3)7-12(22-4)16(14)19/h5-7H,1H2,2-4H3. The molecule has 0 saturated heterocycles. The smallest absolute Gasteiger partial charge is 0.232 e. The average molecular weight is 302 g/mol. The Morgan fingerprint density at radius 3 is 2.00 bits per heavy atom. The minimum absolute atomic E-state index is 0.0159. The minimum atomic E-state index is -0.614. The fourth-order valence-corrected chi connectivity index (χ4v) is 2.25. The number of ketones is 3. The number of ether oxygens (including phenoxy) is 3. The quantitative estimate of drug-likeness (QED) is 0.560. The molecule has 0 amide bonds. The normalized spacial score (nSPS) is 17.6. The van der Waals surface area contributed by atoms with Gasteiger partial charge in [0.05, 0.1) is 38.0 Å². The van der Waals surface area contributed by atoms with E-state index < -0.39 is 17.3 Å². The van der Waals surface area contributed by atoms with Crippen LogP contribution in [0.4, 0.5) is 0 Å². The second kappa shape index (κ2) is 5.85. The summed E-state index contributed by atoms with van der Waals surface area (Å²) in [7, 11) is 4.03. The number of hydrogen-bond acceptors (Lipinski definition) is 6. The van der Waals surface area contributed by atoms with Gasteiger partial charge in [0.15, 0.2) is 11.5 Å². The van der Waals surface area contributed by atoms with Crippen molar-refractivity contribution in [2.45, 2.75) is 0 Å². The van der Waals surface area contributed by atoms with Crippen LogP contribution in [0, 0.1) is 0 Å². The highest BCUT2D eigenvalue weighted by Crippen LogP contribution is 2.36. The first kappa shape index (κ1) is 15.5. The van der Waals surface area contributed by atoms with Crippen molar-refractivity contribution in [3.05, 3.63) is 58.8 Å². The molecule has 22 heavy (non-hydrogen) atoms. The number of Topliss-reactive ketones (excluding diaryl/α,β-unsaturated/α-hetero) is 2. The van der Waals surface area contributed by atoms with Gasteiger partial charge in [-0.3, -0.25) is 14.4 Å².